The molecular formula is C12H14Cl2FNO2. The molecular weight excluding hydrogens is 280 g/mol. The van der Waals surface area contributed by atoms with Crippen molar-refractivity contribution in [2.75, 3.05) is 11.8 Å². The fraction of sp³-hybridized carbons (Fsp3) is 0.417. The molecule has 0 fully saturated rings. The topological polar surface area (TPSA) is 49.3 Å². The molecule has 2 N–H and O–H groups in total. The molecule has 0 radical (unpaired) electrons. The number of rotatable bonds is 5. The molecule has 1 aromatic rings. The molecule has 1 aromatic carbocycles. The summed E-state index contributed by atoms with van der Waals surface area (Å²) in [5.41, 5.74) is -0.745. The largest absolute Gasteiger partial charge is 0.507 e. The molecule has 0 aliphatic carbocycles. The van der Waals surface area contributed by atoms with E-state index in [0.29, 0.717) is 6.42 Å². The lowest BCUT2D eigenvalue weighted by atomic mass is 10.0. The highest BCUT2D eigenvalue weighted by Crippen LogP contribution is 2.21. The van der Waals surface area contributed by atoms with Crippen molar-refractivity contribution in [1.29, 1.82) is 0 Å². The van der Waals surface area contributed by atoms with Gasteiger partial charge in [-0.2, -0.15) is 0 Å². The minimum atomic E-state index is -0.735. The van der Waals surface area contributed by atoms with Gasteiger partial charge in [-0.15, -0.1) is 23.2 Å². The van der Waals surface area contributed by atoms with E-state index in [1.165, 1.54) is 6.07 Å². The van der Waals surface area contributed by atoms with E-state index in [0.717, 1.165) is 12.1 Å². The third kappa shape index (κ3) is 3.27. The van der Waals surface area contributed by atoms with Crippen LogP contribution in [0.4, 0.5) is 4.39 Å². The number of benzene rings is 1. The zero-order valence-corrected chi connectivity index (χ0v) is 11.4. The van der Waals surface area contributed by atoms with Gasteiger partial charge in [-0.25, -0.2) is 4.39 Å². The third-order valence-electron chi connectivity index (χ3n) is 2.77. The fourth-order valence-electron chi connectivity index (χ4n) is 1.38. The van der Waals surface area contributed by atoms with Crippen LogP contribution in [0.1, 0.15) is 23.7 Å². The zero-order valence-electron chi connectivity index (χ0n) is 9.84. The van der Waals surface area contributed by atoms with Gasteiger partial charge in [0.2, 0.25) is 0 Å². The predicted molar refractivity (Wildman–Crippen MR) is 70.0 cm³/mol. The van der Waals surface area contributed by atoms with Gasteiger partial charge in [-0.05, 0) is 18.6 Å². The summed E-state index contributed by atoms with van der Waals surface area (Å²) in [7, 11) is 0. The van der Waals surface area contributed by atoms with Crippen molar-refractivity contribution in [2.24, 2.45) is 0 Å². The molecule has 0 heterocycles. The maximum atomic E-state index is 12.8. The summed E-state index contributed by atoms with van der Waals surface area (Å²) < 4.78 is 12.8. The monoisotopic (exact) mass is 293 g/mol. The minimum Gasteiger partial charge on any atom is -0.507 e. The van der Waals surface area contributed by atoms with Crippen LogP contribution in [0.3, 0.4) is 0 Å². The van der Waals surface area contributed by atoms with Crippen LogP contribution in [0.15, 0.2) is 18.2 Å². The van der Waals surface area contributed by atoms with Gasteiger partial charge in [0.25, 0.3) is 5.91 Å². The molecule has 0 aromatic heterocycles. The first kappa shape index (κ1) is 15.1. The van der Waals surface area contributed by atoms with Crippen molar-refractivity contribution in [1.82, 2.24) is 5.32 Å². The average Bonchev–Trinajstić information content (AvgIpc) is 2.36. The number of phenolic OH excluding ortho intramolecular Hbond substituents is 1. The summed E-state index contributed by atoms with van der Waals surface area (Å²) in [6.07, 6.45) is 0.549. The first-order chi connectivity index (χ1) is 8.48. The number of amides is 1. The van der Waals surface area contributed by atoms with Crippen LogP contribution in [-0.4, -0.2) is 28.3 Å². The van der Waals surface area contributed by atoms with Crippen molar-refractivity contribution in [3.8, 4) is 5.75 Å². The van der Waals surface area contributed by atoms with Gasteiger partial charge in [0.1, 0.15) is 11.6 Å². The van der Waals surface area contributed by atoms with Crippen LogP contribution in [-0.2, 0) is 0 Å². The highest BCUT2D eigenvalue weighted by molar-refractivity contribution is 6.22. The Bertz CT molecular complexity index is 428. The first-order valence-corrected chi connectivity index (χ1v) is 6.48. The maximum absolute atomic E-state index is 12.8. The van der Waals surface area contributed by atoms with Gasteiger partial charge in [-0.1, -0.05) is 6.92 Å². The smallest absolute Gasteiger partial charge is 0.255 e. The molecule has 0 saturated heterocycles. The number of carbonyl (C=O) groups excluding carboxylic acids is 1. The predicted octanol–water partition coefficient (Wildman–Crippen LogP) is 2.89. The Kier molecular flexibility index (Phi) is 5.23. The van der Waals surface area contributed by atoms with E-state index in [-0.39, 0.29) is 17.3 Å². The Labute approximate surface area is 115 Å². The third-order valence-corrected chi connectivity index (χ3v) is 3.79. The number of alkyl halides is 2. The average molecular weight is 294 g/mol. The summed E-state index contributed by atoms with van der Waals surface area (Å²) >= 11 is 11.6. The standard InChI is InChI=1S/C12H14Cl2FNO2/c1-2-12(6-13,7-14)16-11(18)9-4-3-8(15)5-10(9)17/h3-5,17H,2,6-7H2,1H3,(H,16,18). The molecule has 0 unspecified atom stereocenters. The summed E-state index contributed by atoms with van der Waals surface area (Å²) in [5, 5.41) is 12.2. The number of carbonyl (C=O) groups is 1. The maximum Gasteiger partial charge on any atom is 0.255 e. The number of aromatic hydroxyl groups is 1. The second kappa shape index (κ2) is 6.25. The SMILES string of the molecule is CCC(CCl)(CCl)NC(=O)c1ccc(F)cc1O. The molecule has 0 bridgehead atoms. The number of phenols is 1. The number of halogens is 3. The quantitative estimate of drug-likeness (QED) is 0.820. The molecule has 6 heteroatoms. The second-order valence-corrected chi connectivity index (χ2v) is 4.55. The van der Waals surface area contributed by atoms with Crippen molar-refractivity contribution < 1.29 is 14.3 Å². The van der Waals surface area contributed by atoms with Gasteiger partial charge in [0, 0.05) is 17.8 Å². The Morgan fingerprint density at radius 1 is 1.44 bits per heavy atom. The van der Waals surface area contributed by atoms with Crippen LogP contribution in [0.2, 0.25) is 0 Å². The molecule has 1 rings (SSSR count). The van der Waals surface area contributed by atoms with Crippen LogP contribution in [0.5, 0.6) is 5.75 Å². The normalized spacial score (nSPS) is 11.3. The van der Waals surface area contributed by atoms with Gasteiger partial charge in [0.15, 0.2) is 0 Å². The van der Waals surface area contributed by atoms with E-state index in [2.05, 4.69) is 5.32 Å². The summed E-state index contributed by atoms with van der Waals surface area (Å²) in [5.74, 6) is -1.25. The lowest BCUT2D eigenvalue weighted by Crippen LogP contribution is -2.51. The number of hydrogen-bond donors (Lipinski definition) is 2. The van der Waals surface area contributed by atoms with Crippen molar-refractivity contribution in [3.63, 3.8) is 0 Å². The Hall–Kier alpha value is -1.00. The van der Waals surface area contributed by atoms with Crippen LogP contribution in [0, 0.1) is 5.82 Å². The van der Waals surface area contributed by atoms with Gasteiger partial charge < -0.3 is 10.4 Å². The lowest BCUT2D eigenvalue weighted by molar-refractivity contribution is 0.0911. The molecule has 3 nitrogen and oxygen atoms in total. The number of nitrogens with one attached hydrogen (secondary N) is 1. The van der Waals surface area contributed by atoms with Crippen molar-refractivity contribution >= 4 is 29.1 Å². The Morgan fingerprint density at radius 3 is 2.50 bits per heavy atom. The van der Waals surface area contributed by atoms with Crippen molar-refractivity contribution in [2.45, 2.75) is 18.9 Å². The van der Waals surface area contributed by atoms with Crippen LogP contribution < -0.4 is 5.32 Å². The summed E-state index contributed by atoms with van der Waals surface area (Å²) in [4.78, 5) is 12.0. The molecule has 0 spiro atoms. The van der Waals surface area contributed by atoms with E-state index < -0.39 is 23.0 Å². The van der Waals surface area contributed by atoms with E-state index >= 15 is 0 Å². The van der Waals surface area contributed by atoms with Gasteiger partial charge in [0.05, 0.1) is 11.1 Å². The van der Waals surface area contributed by atoms with E-state index in [9.17, 15) is 14.3 Å². The van der Waals surface area contributed by atoms with Crippen molar-refractivity contribution in [3.05, 3.63) is 29.6 Å². The van der Waals surface area contributed by atoms with Gasteiger partial charge >= 0.3 is 0 Å². The molecule has 1 amide bonds. The second-order valence-electron chi connectivity index (χ2n) is 4.02. The Morgan fingerprint density at radius 2 is 2.06 bits per heavy atom. The fourth-order valence-corrected chi connectivity index (χ4v) is 2.18. The summed E-state index contributed by atoms with van der Waals surface area (Å²) in [6.45, 7) is 1.84. The van der Waals surface area contributed by atoms with E-state index in [1.54, 1.807) is 0 Å². The zero-order chi connectivity index (χ0) is 13.8. The van der Waals surface area contributed by atoms with Crippen LogP contribution in [0.25, 0.3) is 0 Å². The molecule has 0 atom stereocenters. The Balaban J connectivity index is 2.94. The van der Waals surface area contributed by atoms with Crippen LogP contribution >= 0.6 is 23.2 Å². The highest BCUT2D eigenvalue weighted by Gasteiger charge is 2.29. The minimum absolute atomic E-state index is 0.00976. The van der Waals surface area contributed by atoms with E-state index in [1.807, 2.05) is 6.92 Å². The van der Waals surface area contributed by atoms with E-state index in [4.69, 9.17) is 23.2 Å². The molecule has 18 heavy (non-hydrogen) atoms. The summed E-state index contributed by atoms with van der Waals surface area (Å²) in [6, 6.07) is 3.19. The number of hydrogen-bond acceptors (Lipinski definition) is 2. The van der Waals surface area contributed by atoms with Gasteiger partial charge in [-0.3, -0.25) is 4.79 Å². The molecule has 0 aliphatic heterocycles. The lowest BCUT2D eigenvalue weighted by Gasteiger charge is -2.29. The molecule has 100 valence electrons. The first-order valence-electron chi connectivity index (χ1n) is 5.41. The highest BCUT2D eigenvalue weighted by atomic mass is 35.5. The molecule has 0 aliphatic rings. The molecule has 0 saturated carbocycles.